The zero-order valence-corrected chi connectivity index (χ0v) is 12.0. The van der Waals surface area contributed by atoms with E-state index in [4.69, 9.17) is 11.6 Å². The summed E-state index contributed by atoms with van der Waals surface area (Å²) in [6.07, 6.45) is 0.628. The van der Waals surface area contributed by atoms with Crippen LogP contribution in [0, 0.1) is 6.92 Å². The molecule has 20 heavy (non-hydrogen) atoms. The number of nitrogens with one attached hydrogen (secondary N) is 1. The molecular formula is C14H17ClN2O3. The molecule has 0 saturated carbocycles. The minimum absolute atomic E-state index is 0.381. The second kappa shape index (κ2) is 6.24. The molecule has 0 atom stereocenters. The van der Waals surface area contributed by atoms with Crippen molar-refractivity contribution in [3.63, 3.8) is 0 Å². The third-order valence-corrected chi connectivity index (χ3v) is 3.63. The highest BCUT2D eigenvalue weighted by molar-refractivity contribution is 6.41. The Bertz CT molecular complexity index is 525. The fourth-order valence-electron chi connectivity index (χ4n) is 2.11. The number of benzene rings is 1. The van der Waals surface area contributed by atoms with Crippen molar-refractivity contribution < 1.29 is 14.7 Å². The smallest absolute Gasteiger partial charge is 0.313 e. The summed E-state index contributed by atoms with van der Waals surface area (Å²) >= 11 is 6.01. The number of carbonyl (C=O) groups excluding carboxylic acids is 2. The van der Waals surface area contributed by atoms with Crippen molar-refractivity contribution >= 4 is 29.1 Å². The predicted molar refractivity (Wildman–Crippen MR) is 76.6 cm³/mol. The summed E-state index contributed by atoms with van der Waals surface area (Å²) in [4.78, 5) is 25.3. The van der Waals surface area contributed by atoms with Gasteiger partial charge in [-0.2, -0.15) is 0 Å². The lowest BCUT2D eigenvalue weighted by molar-refractivity contribution is -0.144. The van der Waals surface area contributed by atoms with E-state index in [0.717, 1.165) is 5.56 Å². The van der Waals surface area contributed by atoms with Crippen LogP contribution >= 0.6 is 11.6 Å². The summed E-state index contributed by atoms with van der Waals surface area (Å²) in [7, 11) is 0. The quantitative estimate of drug-likeness (QED) is 0.773. The maximum Gasteiger partial charge on any atom is 0.313 e. The zero-order chi connectivity index (χ0) is 14.7. The van der Waals surface area contributed by atoms with E-state index in [0.29, 0.717) is 36.6 Å². The number of aliphatic hydroxyl groups is 1. The average Bonchev–Trinajstić information content (AvgIpc) is 2.42. The third-order valence-electron chi connectivity index (χ3n) is 3.32. The first-order valence-corrected chi connectivity index (χ1v) is 6.89. The summed E-state index contributed by atoms with van der Waals surface area (Å²) < 4.78 is 0. The Morgan fingerprint density at radius 3 is 2.60 bits per heavy atom. The lowest BCUT2D eigenvalue weighted by atomic mass is 10.1. The highest BCUT2D eigenvalue weighted by atomic mass is 35.5. The number of likely N-dealkylation sites (tertiary alicyclic amines) is 1. The molecule has 1 fully saturated rings. The standard InChI is InChI=1S/C14H17ClN2O3/c1-9-2-3-12(11(15)8-9)16-13(19)14(20)17-6-4-10(18)5-7-17/h2-3,8,10,18H,4-7H2,1H3,(H,16,19). The van der Waals surface area contributed by atoms with E-state index < -0.39 is 11.8 Å². The molecule has 2 rings (SSSR count). The van der Waals surface area contributed by atoms with E-state index in [1.165, 1.54) is 4.90 Å². The van der Waals surface area contributed by atoms with E-state index in [1.807, 2.05) is 13.0 Å². The van der Waals surface area contributed by atoms with Crippen molar-refractivity contribution in [3.05, 3.63) is 28.8 Å². The summed E-state index contributed by atoms with van der Waals surface area (Å²) in [5, 5.41) is 12.3. The van der Waals surface area contributed by atoms with Crippen LogP contribution in [-0.4, -0.2) is 41.0 Å². The molecule has 1 aliphatic rings. The maximum atomic E-state index is 12.0. The minimum atomic E-state index is -0.702. The van der Waals surface area contributed by atoms with Gasteiger partial charge in [-0.05, 0) is 37.5 Å². The van der Waals surface area contributed by atoms with Gasteiger partial charge in [0.25, 0.3) is 0 Å². The molecule has 6 heteroatoms. The number of nitrogens with zero attached hydrogens (tertiary/aromatic N) is 1. The number of anilines is 1. The van der Waals surface area contributed by atoms with Gasteiger partial charge in [0.2, 0.25) is 0 Å². The molecule has 1 aliphatic heterocycles. The van der Waals surface area contributed by atoms with E-state index in [9.17, 15) is 14.7 Å². The van der Waals surface area contributed by atoms with Gasteiger partial charge in [-0.1, -0.05) is 17.7 Å². The first kappa shape index (κ1) is 14.8. The van der Waals surface area contributed by atoms with Crippen molar-refractivity contribution in [2.75, 3.05) is 18.4 Å². The Labute approximate surface area is 122 Å². The average molecular weight is 297 g/mol. The van der Waals surface area contributed by atoms with Crippen LogP contribution in [-0.2, 0) is 9.59 Å². The number of carbonyl (C=O) groups is 2. The van der Waals surface area contributed by atoms with Crippen LogP contribution in [0.5, 0.6) is 0 Å². The molecule has 1 heterocycles. The van der Waals surface area contributed by atoms with Crippen LogP contribution in [0.4, 0.5) is 5.69 Å². The Hall–Kier alpha value is -1.59. The Morgan fingerprint density at radius 1 is 1.35 bits per heavy atom. The van der Waals surface area contributed by atoms with Crippen molar-refractivity contribution in [2.24, 2.45) is 0 Å². The minimum Gasteiger partial charge on any atom is -0.393 e. The summed E-state index contributed by atoms with van der Waals surface area (Å²) in [5.74, 6) is -1.29. The molecule has 0 spiro atoms. The fourth-order valence-corrected chi connectivity index (χ4v) is 2.39. The molecule has 108 valence electrons. The van der Waals surface area contributed by atoms with Gasteiger partial charge >= 0.3 is 11.8 Å². The topological polar surface area (TPSA) is 69.6 Å². The normalized spacial score (nSPS) is 16.1. The van der Waals surface area contributed by atoms with Crippen LogP contribution in [0.25, 0.3) is 0 Å². The molecule has 0 aromatic heterocycles. The highest BCUT2D eigenvalue weighted by Crippen LogP contribution is 2.22. The molecule has 0 aliphatic carbocycles. The number of hydrogen-bond acceptors (Lipinski definition) is 3. The zero-order valence-electron chi connectivity index (χ0n) is 11.2. The summed E-state index contributed by atoms with van der Waals surface area (Å²) in [6.45, 7) is 2.69. The van der Waals surface area contributed by atoms with Gasteiger partial charge in [-0.15, -0.1) is 0 Å². The first-order valence-electron chi connectivity index (χ1n) is 6.52. The fraction of sp³-hybridized carbons (Fsp3) is 0.429. The number of aryl methyl sites for hydroxylation is 1. The van der Waals surface area contributed by atoms with Crippen LogP contribution in [0.15, 0.2) is 18.2 Å². The molecular weight excluding hydrogens is 280 g/mol. The third kappa shape index (κ3) is 3.49. The van der Waals surface area contributed by atoms with Gasteiger partial charge in [-0.25, -0.2) is 0 Å². The molecule has 2 amide bonds. The van der Waals surface area contributed by atoms with Gasteiger partial charge in [-0.3, -0.25) is 9.59 Å². The Morgan fingerprint density at radius 2 is 2.00 bits per heavy atom. The number of amides is 2. The molecule has 1 aromatic carbocycles. The van der Waals surface area contributed by atoms with Crippen molar-refractivity contribution in [1.82, 2.24) is 4.90 Å². The molecule has 1 aromatic rings. The van der Waals surface area contributed by atoms with Gasteiger partial charge in [0.05, 0.1) is 16.8 Å². The lowest BCUT2D eigenvalue weighted by Crippen LogP contribution is -2.45. The largest absolute Gasteiger partial charge is 0.393 e. The van der Waals surface area contributed by atoms with Gasteiger partial charge < -0.3 is 15.3 Å². The lowest BCUT2D eigenvalue weighted by Gasteiger charge is -2.28. The monoisotopic (exact) mass is 296 g/mol. The molecule has 0 radical (unpaired) electrons. The highest BCUT2D eigenvalue weighted by Gasteiger charge is 2.26. The first-order chi connectivity index (χ1) is 9.47. The molecule has 1 saturated heterocycles. The van der Waals surface area contributed by atoms with Crippen LogP contribution in [0.2, 0.25) is 5.02 Å². The predicted octanol–water partition coefficient (Wildman–Crippen LogP) is 1.57. The van der Waals surface area contributed by atoms with Crippen LogP contribution in [0.1, 0.15) is 18.4 Å². The number of hydrogen-bond donors (Lipinski definition) is 2. The van der Waals surface area contributed by atoms with Gasteiger partial charge in [0.15, 0.2) is 0 Å². The SMILES string of the molecule is Cc1ccc(NC(=O)C(=O)N2CCC(O)CC2)c(Cl)c1. The van der Waals surface area contributed by atoms with E-state index in [-0.39, 0.29) is 6.10 Å². The van der Waals surface area contributed by atoms with E-state index in [2.05, 4.69) is 5.32 Å². The van der Waals surface area contributed by atoms with E-state index in [1.54, 1.807) is 12.1 Å². The number of piperidine rings is 1. The van der Waals surface area contributed by atoms with Crippen molar-refractivity contribution in [1.29, 1.82) is 0 Å². The van der Waals surface area contributed by atoms with Crippen molar-refractivity contribution in [3.8, 4) is 0 Å². The number of rotatable bonds is 1. The summed E-state index contributed by atoms with van der Waals surface area (Å²) in [5.41, 5.74) is 1.40. The van der Waals surface area contributed by atoms with Gasteiger partial charge in [0.1, 0.15) is 0 Å². The number of aliphatic hydroxyl groups excluding tert-OH is 1. The molecule has 2 N–H and O–H groups in total. The van der Waals surface area contributed by atoms with Crippen molar-refractivity contribution in [2.45, 2.75) is 25.9 Å². The molecule has 0 unspecified atom stereocenters. The van der Waals surface area contributed by atoms with Gasteiger partial charge in [0, 0.05) is 13.1 Å². The Balaban J connectivity index is 1.99. The molecule has 0 bridgehead atoms. The second-order valence-electron chi connectivity index (χ2n) is 4.96. The molecule has 5 nitrogen and oxygen atoms in total. The maximum absolute atomic E-state index is 12.0. The Kier molecular flexibility index (Phi) is 4.62. The van der Waals surface area contributed by atoms with Crippen LogP contribution in [0.3, 0.4) is 0 Å². The second-order valence-corrected chi connectivity index (χ2v) is 5.37. The van der Waals surface area contributed by atoms with Crippen LogP contribution < -0.4 is 5.32 Å². The number of halogens is 1. The van der Waals surface area contributed by atoms with E-state index >= 15 is 0 Å². The summed E-state index contributed by atoms with van der Waals surface area (Å²) in [6, 6.07) is 5.20.